The number of hydrogen-bond donors (Lipinski definition) is 0. The van der Waals surface area contributed by atoms with Crippen molar-refractivity contribution in [2.24, 2.45) is 0 Å². The summed E-state index contributed by atoms with van der Waals surface area (Å²) in [6, 6.07) is 58.0. The average molecular weight is 652 g/mol. The Bertz CT molecular complexity index is 1490. The number of rotatable bonds is 7. The minimum Gasteiger partial charge on any atom is -0.0622 e. The van der Waals surface area contributed by atoms with E-state index in [1.54, 1.807) is 0 Å². The topological polar surface area (TPSA) is 0 Å². The summed E-state index contributed by atoms with van der Waals surface area (Å²) >= 11 is 0. The fourth-order valence-corrected chi connectivity index (χ4v) is 10.6. The van der Waals surface area contributed by atoms with Gasteiger partial charge in [0.2, 0.25) is 0 Å². The van der Waals surface area contributed by atoms with Crippen molar-refractivity contribution in [2.45, 2.75) is 13.8 Å². The van der Waals surface area contributed by atoms with Gasteiger partial charge in [-0.3, -0.25) is 0 Å². The van der Waals surface area contributed by atoms with Crippen LogP contribution >= 0.6 is 15.8 Å². The van der Waals surface area contributed by atoms with Crippen molar-refractivity contribution < 1.29 is 19.5 Å². The molecule has 6 aromatic rings. The van der Waals surface area contributed by atoms with Crippen LogP contribution in [0.1, 0.15) is 11.1 Å². The minimum absolute atomic E-state index is 0. The van der Waals surface area contributed by atoms with E-state index in [1.165, 1.54) is 54.1 Å². The number of aryl methyl sites for hydroxylation is 2. The van der Waals surface area contributed by atoms with Gasteiger partial charge in [0.1, 0.15) is 0 Å². The summed E-state index contributed by atoms with van der Waals surface area (Å²) in [4.78, 5) is 0. The van der Waals surface area contributed by atoms with Crippen molar-refractivity contribution in [3.63, 3.8) is 0 Å². The molecular weight excluding hydrogens is 619 g/mol. The molecule has 0 heterocycles. The molecule has 3 heteroatoms. The molecule has 6 aromatic carbocycles. The molecule has 0 fully saturated rings. The molecular formula is C38H32P2Ru. The second-order valence-electron chi connectivity index (χ2n) is 9.95. The van der Waals surface area contributed by atoms with E-state index in [0.717, 1.165) is 0 Å². The molecule has 0 radical (unpaired) electrons. The molecule has 202 valence electrons. The van der Waals surface area contributed by atoms with Crippen LogP contribution in [0.3, 0.4) is 0 Å². The molecule has 0 saturated carbocycles. The zero-order chi connectivity index (χ0) is 27.3. The third-order valence-electron chi connectivity index (χ3n) is 7.29. The molecule has 6 rings (SSSR count). The summed E-state index contributed by atoms with van der Waals surface area (Å²) in [5.74, 6) is 0. The van der Waals surface area contributed by atoms with Gasteiger partial charge in [0, 0.05) is 19.5 Å². The monoisotopic (exact) mass is 652 g/mol. The third kappa shape index (κ3) is 6.20. The predicted octanol–water partition coefficient (Wildman–Crippen LogP) is 7.48. The molecule has 0 spiro atoms. The third-order valence-corrected chi connectivity index (χ3v) is 12.3. The predicted molar refractivity (Wildman–Crippen MR) is 179 cm³/mol. The van der Waals surface area contributed by atoms with Crippen molar-refractivity contribution >= 4 is 47.7 Å². The van der Waals surface area contributed by atoms with Crippen molar-refractivity contribution in [1.82, 2.24) is 0 Å². The molecule has 0 unspecified atom stereocenters. The van der Waals surface area contributed by atoms with Crippen LogP contribution in [0.15, 0.2) is 158 Å². The summed E-state index contributed by atoms with van der Waals surface area (Å²) in [5.41, 5.74) is 5.41. The summed E-state index contributed by atoms with van der Waals surface area (Å²) in [6.45, 7) is 4.57. The van der Waals surface area contributed by atoms with Crippen molar-refractivity contribution in [1.29, 1.82) is 0 Å². The Balaban J connectivity index is 0.00000337. The fraction of sp³-hybridized carbons (Fsp3) is 0.0526. The van der Waals surface area contributed by atoms with Crippen LogP contribution in [0.5, 0.6) is 0 Å². The van der Waals surface area contributed by atoms with Gasteiger partial charge in [-0.15, -0.1) is 0 Å². The van der Waals surface area contributed by atoms with E-state index >= 15 is 0 Å². The number of benzene rings is 6. The molecule has 0 nitrogen and oxygen atoms in total. The van der Waals surface area contributed by atoms with E-state index in [-0.39, 0.29) is 19.5 Å². The number of hydrogen-bond acceptors (Lipinski definition) is 0. The Morgan fingerprint density at radius 3 is 0.854 bits per heavy atom. The summed E-state index contributed by atoms with van der Waals surface area (Å²) in [6.07, 6.45) is 0. The SMILES string of the molecule is Cc1cccc(P(c2ccccc2)c2ccccc2)c1-c1c(C)cccc1P(c1ccccc1)c1ccccc1.[Ru]. The van der Waals surface area contributed by atoms with E-state index < -0.39 is 15.8 Å². The van der Waals surface area contributed by atoms with Gasteiger partial charge in [-0.2, -0.15) is 0 Å². The van der Waals surface area contributed by atoms with Gasteiger partial charge in [0.15, 0.2) is 0 Å². The molecule has 0 bridgehead atoms. The Hall–Kier alpha value is -3.20. The van der Waals surface area contributed by atoms with Crippen LogP contribution in [0.2, 0.25) is 0 Å². The summed E-state index contributed by atoms with van der Waals surface area (Å²) in [5, 5.41) is 8.33. The van der Waals surface area contributed by atoms with E-state index in [9.17, 15) is 0 Å². The maximum absolute atomic E-state index is 2.37. The smallest absolute Gasteiger partial charge is 0 e. The van der Waals surface area contributed by atoms with Gasteiger partial charge in [0.25, 0.3) is 0 Å². The molecule has 0 aliphatic heterocycles. The molecule has 0 aliphatic carbocycles. The average Bonchev–Trinajstić information content (AvgIpc) is 3.01. The van der Waals surface area contributed by atoms with Crippen LogP contribution < -0.4 is 31.8 Å². The second-order valence-corrected chi connectivity index (χ2v) is 14.3. The molecule has 0 N–H and O–H groups in total. The fourth-order valence-electron chi connectivity index (χ4n) is 5.49. The normalized spacial score (nSPS) is 10.9. The maximum Gasteiger partial charge on any atom is 0 e. The molecule has 0 aromatic heterocycles. The van der Waals surface area contributed by atoms with Gasteiger partial charge in [0.05, 0.1) is 0 Å². The van der Waals surface area contributed by atoms with Crippen molar-refractivity contribution in [2.75, 3.05) is 0 Å². The van der Waals surface area contributed by atoms with Gasteiger partial charge in [-0.1, -0.05) is 158 Å². The minimum atomic E-state index is -0.752. The first kappa shape index (κ1) is 29.3. The zero-order valence-electron chi connectivity index (χ0n) is 23.3. The first-order chi connectivity index (χ1) is 19.7. The van der Waals surface area contributed by atoms with Gasteiger partial charge >= 0.3 is 0 Å². The van der Waals surface area contributed by atoms with Gasteiger partial charge in [-0.05, 0) is 83.8 Å². The molecule has 0 saturated heterocycles. The van der Waals surface area contributed by atoms with Crippen LogP contribution in [-0.2, 0) is 19.5 Å². The zero-order valence-corrected chi connectivity index (χ0v) is 26.8. The Kier molecular flexibility index (Phi) is 9.75. The summed E-state index contributed by atoms with van der Waals surface area (Å²) < 4.78 is 0. The van der Waals surface area contributed by atoms with E-state index in [0.29, 0.717) is 0 Å². The van der Waals surface area contributed by atoms with Crippen LogP contribution in [0.25, 0.3) is 11.1 Å². The standard InChI is InChI=1S/C38H32P2.Ru/c1-29-17-15-27-35(39(31-19-7-3-8-20-31)32-21-9-4-10-22-32)37(29)38-30(2)18-16-28-36(38)40(33-23-11-5-12-24-33)34-25-13-6-14-26-34;/h3-28H,1-2H3;. The van der Waals surface area contributed by atoms with E-state index in [4.69, 9.17) is 0 Å². The Morgan fingerprint density at radius 1 is 0.317 bits per heavy atom. The maximum atomic E-state index is 2.37. The van der Waals surface area contributed by atoms with Crippen LogP contribution in [-0.4, -0.2) is 0 Å². The van der Waals surface area contributed by atoms with E-state index in [2.05, 4.69) is 172 Å². The van der Waals surface area contributed by atoms with Crippen LogP contribution in [0.4, 0.5) is 0 Å². The second kappa shape index (κ2) is 13.6. The van der Waals surface area contributed by atoms with Crippen molar-refractivity contribution in [3.05, 3.63) is 169 Å². The Labute approximate surface area is 259 Å². The largest absolute Gasteiger partial charge is 0.0622 e. The Morgan fingerprint density at radius 2 is 0.585 bits per heavy atom. The van der Waals surface area contributed by atoms with Crippen LogP contribution in [0, 0.1) is 13.8 Å². The molecule has 41 heavy (non-hydrogen) atoms. The first-order valence-corrected chi connectivity index (χ1v) is 16.4. The van der Waals surface area contributed by atoms with Gasteiger partial charge in [-0.25, -0.2) is 0 Å². The molecule has 0 amide bonds. The molecule has 0 atom stereocenters. The molecule has 0 aliphatic rings. The van der Waals surface area contributed by atoms with Gasteiger partial charge < -0.3 is 0 Å². The quantitative estimate of drug-likeness (QED) is 0.124. The summed E-state index contributed by atoms with van der Waals surface area (Å²) in [7, 11) is -1.50. The van der Waals surface area contributed by atoms with Crippen molar-refractivity contribution in [3.8, 4) is 11.1 Å². The van der Waals surface area contributed by atoms with E-state index in [1.807, 2.05) is 0 Å². The first-order valence-electron chi connectivity index (χ1n) is 13.7.